The SMILES string of the molecule is Cc1cccc(CN2CC[C@@H](c3nc(-c4cccnc4)no3)C2)c1. The molecule has 2 aromatic heterocycles. The molecular formula is C19H20N4O. The lowest BCUT2D eigenvalue weighted by atomic mass is 10.1. The monoisotopic (exact) mass is 320 g/mol. The molecule has 5 nitrogen and oxygen atoms in total. The minimum atomic E-state index is 0.313. The Hall–Kier alpha value is -2.53. The van der Waals surface area contributed by atoms with Crippen molar-refractivity contribution in [2.45, 2.75) is 25.8 Å². The Morgan fingerprint density at radius 2 is 2.21 bits per heavy atom. The summed E-state index contributed by atoms with van der Waals surface area (Å²) >= 11 is 0. The molecule has 1 fully saturated rings. The highest BCUT2D eigenvalue weighted by molar-refractivity contribution is 5.51. The molecule has 0 unspecified atom stereocenters. The van der Waals surface area contributed by atoms with Gasteiger partial charge in [-0.15, -0.1) is 0 Å². The van der Waals surface area contributed by atoms with Crippen molar-refractivity contribution < 1.29 is 4.52 Å². The molecule has 0 spiro atoms. The Labute approximate surface area is 141 Å². The Balaban J connectivity index is 1.43. The largest absolute Gasteiger partial charge is 0.339 e. The Bertz CT molecular complexity index is 815. The van der Waals surface area contributed by atoms with E-state index < -0.39 is 0 Å². The van der Waals surface area contributed by atoms with Gasteiger partial charge in [-0.05, 0) is 37.6 Å². The Morgan fingerprint density at radius 3 is 3.04 bits per heavy atom. The van der Waals surface area contributed by atoms with Crippen molar-refractivity contribution in [2.75, 3.05) is 13.1 Å². The molecule has 5 heteroatoms. The molecule has 0 bridgehead atoms. The highest BCUT2D eigenvalue weighted by Gasteiger charge is 2.28. The van der Waals surface area contributed by atoms with E-state index >= 15 is 0 Å². The number of likely N-dealkylation sites (tertiary alicyclic amines) is 1. The number of benzene rings is 1. The minimum absolute atomic E-state index is 0.313. The van der Waals surface area contributed by atoms with Crippen LogP contribution in [0.25, 0.3) is 11.4 Å². The summed E-state index contributed by atoms with van der Waals surface area (Å²) < 4.78 is 5.51. The number of pyridine rings is 1. The second-order valence-electron chi connectivity index (χ2n) is 6.41. The quantitative estimate of drug-likeness (QED) is 0.737. The van der Waals surface area contributed by atoms with Crippen molar-refractivity contribution in [1.29, 1.82) is 0 Å². The topological polar surface area (TPSA) is 55.1 Å². The number of nitrogens with zero attached hydrogens (tertiary/aromatic N) is 4. The summed E-state index contributed by atoms with van der Waals surface area (Å²) in [5.74, 6) is 1.67. The fourth-order valence-electron chi connectivity index (χ4n) is 3.26. The molecule has 0 amide bonds. The van der Waals surface area contributed by atoms with Gasteiger partial charge in [-0.3, -0.25) is 9.88 Å². The van der Waals surface area contributed by atoms with Gasteiger partial charge in [0.15, 0.2) is 0 Å². The maximum atomic E-state index is 5.51. The summed E-state index contributed by atoms with van der Waals surface area (Å²) in [6, 6.07) is 12.5. The third-order valence-electron chi connectivity index (χ3n) is 4.47. The minimum Gasteiger partial charge on any atom is -0.339 e. The molecule has 0 N–H and O–H groups in total. The Morgan fingerprint density at radius 1 is 1.25 bits per heavy atom. The fraction of sp³-hybridized carbons (Fsp3) is 0.316. The van der Waals surface area contributed by atoms with Crippen LogP contribution >= 0.6 is 0 Å². The molecular weight excluding hydrogens is 300 g/mol. The van der Waals surface area contributed by atoms with E-state index in [1.807, 2.05) is 12.1 Å². The van der Waals surface area contributed by atoms with Crippen molar-refractivity contribution in [3.05, 3.63) is 65.8 Å². The molecule has 0 radical (unpaired) electrons. The molecule has 24 heavy (non-hydrogen) atoms. The van der Waals surface area contributed by atoms with Gasteiger partial charge in [0.1, 0.15) is 0 Å². The molecule has 1 atom stereocenters. The third-order valence-corrected chi connectivity index (χ3v) is 4.47. The molecule has 0 saturated carbocycles. The average Bonchev–Trinajstić information content (AvgIpc) is 3.25. The van der Waals surface area contributed by atoms with Crippen LogP contribution in [0.5, 0.6) is 0 Å². The average molecular weight is 320 g/mol. The standard InChI is InChI=1S/C19H20N4O/c1-14-4-2-5-15(10-14)12-23-9-7-17(13-23)19-21-18(22-24-19)16-6-3-8-20-11-16/h2-6,8,10-11,17H,7,9,12-13H2,1H3/t17-/m1/s1. The highest BCUT2D eigenvalue weighted by atomic mass is 16.5. The van der Waals surface area contributed by atoms with E-state index in [1.54, 1.807) is 12.4 Å². The third kappa shape index (κ3) is 3.21. The maximum Gasteiger partial charge on any atom is 0.231 e. The predicted octanol–water partition coefficient (Wildman–Crippen LogP) is 3.43. The van der Waals surface area contributed by atoms with Crippen LogP contribution in [0.15, 0.2) is 53.3 Å². The van der Waals surface area contributed by atoms with Gasteiger partial charge in [0.25, 0.3) is 0 Å². The van der Waals surface area contributed by atoms with Gasteiger partial charge >= 0.3 is 0 Å². The number of hydrogen-bond donors (Lipinski definition) is 0. The van der Waals surface area contributed by atoms with Crippen LogP contribution in [0.4, 0.5) is 0 Å². The zero-order valence-corrected chi connectivity index (χ0v) is 13.7. The number of hydrogen-bond acceptors (Lipinski definition) is 5. The lowest BCUT2D eigenvalue weighted by Crippen LogP contribution is -2.19. The number of aromatic nitrogens is 3. The van der Waals surface area contributed by atoms with E-state index in [2.05, 4.69) is 51.2 Å². The normalized spacial score (nSPS) is 18.1. The first kappa shape index (κ1) is 15.0. The van der Waals surface area contributed by atoms with Crippen LogP contribution in [0, 0.1) is 6.92 Å². The first-order valence-electron chi connectivity index (χ1n) is 8.30. The van der Waals surface area contributed by atoms with Crippen molar-refractivity contribution in [1.82, 2.24) is 20.0 Å². The summed E-state index contributed by atoms with van der Waals surface area (Å²) in [6.07, 6.45) is 4.55. The Kier molecular flexibility index (Phi) is 4.09. The molecule has 1 aromatic carbocycles. The van der Waals surface area contributed by atoms with Gasteiger partial charge < -0.3 is 4.52 Å². The van der Waals surface area contributed by atoms with Crippen LogP contribution in [0.1, 0.15) is 29.4 Å². The molecule has 1 aliphatic heterocycles. The first-order valence-corrected chi connectivity index (χ1v) is 8.30. The number of rotatable bonds is 4. The summed E-state index contributed by atoms with van der Waals surface area (Å²) in [5, 5.41) is 4.11. The zero-order chi connectivity index (χ0) is 16.4. The van der Waals surface area contributed by atoms with Gasteiger partial charge in [-0.25, -0.2) is 0 Å². The van der Waals surface area contributed by atoms with Crippen molar-refractivity contribution >= 4 is 0 Å². The van der Waals surface area contributed by atoms with Crippen molar-refractivity contribution in [2.24, 2.45) is 0 Å². The summed E-state index contributed by atoms with van der Waals surface area (Å²) in [7, 11) is 0. The maximum absolute atomic E-state index is 5.51. The van der Waals surface area contributed by atoms with E-state index in [0.29, 0.717) is 11.7 Å². The second kappa shape index (κ2) is 6.53. The van der Waals surface area contributed by atoms with Crippen LogP contribution in [-0.4, -0.2) is 33.1 Å². The molecule has 3 heterocycles. The van der Waals surface area contributed by atoms with E-state index in [1.165, 1.54) is 11.1 Å². The molecule has 122 valence electrons. The molecule has 0 aliphatic carbocycles. The highest BCUT2D eigenvalue weighted by Crippen LogP contribution is 2.28. The van der Waals surface area contributed by atoms with Gasteiger partial charge in [0.2, 0.25) is 11.7 Å². The van der Waals surface area contributed by atoms with Gasteiger partial charge in [0, 0.05) is 31.0 Å². The molecule has 3 aromatic rings. The van der Waals surface area contributed by atoms with Gasteiger partial charge in [-0.2, -0.15) is 4.98 Å². The lowest BCUT2D eigenvalue weighted by molar-refractivity contribution is 0.309. The summed E-state index contributed by atoms with van der Waals surface area (Å²) in [6.45, 7) is 5.13. The van der Waals surface area contributed by atoms with E-state index in [4.69, 9.17) is 4.52 Å². The van der Waals surface area contributed by atoms with Gasteiger partial charge in [-0.1, -0.05) is 35.0 Å². The van der Waals surface area contributed by atoms with Crippen LogP contribution in [-0.2, 0) is 6.54 Å². The van der Waals surface area contributed by atoms with Crippen molar-refractivity contribution in [3.63, 3.8) is 0 Å². The van der Waals surface area contributed by atoms with E-state index in [0.717, 1.165) is 37.5 Å². The molecule has 4 rings (SSSR count). The summed E-state index contributed by atoms with van der Waals surface area (Å²) in [5.41, 5.74) is 3.56. The zero-order valence-electron chi connectivity index (χ0n) is 13.7. The lowest BCUT2D eigenvalue weighted by Gasteiger charge is -2.15. The summed E-state index contributed by atoms with van der Waals surface area (Å²) in [4.78, 5) is 11.1. The van der Waals surface area contributed by atoms with E-state index in [9.17, 15) is 0 Å². The predicted molar refractivity (Wildman–Crippen MR) is 91.3 cm³/mol. The number of aryl methyl sites for hydroxylation is 1. The molecule has 1 saturated heterocycles. The molecule has 1 aliphatic rings. The van der Waals surface area contributed by atoms with E-state index in [-0.39, 0.29) is 0 Å². The first-order chi connectivity index (χ1) is 11.8. The fourth-order valence-corrected chi connectivity index (χ4v) is 3.26. The van der Waals surface area contributed by atoms with Gasteiger partial charge in [0.05, 0.1) is 5.92 Å². The van der Waals surface area contributed by atoms with Crippen LogP contribution in [0.3, 0.4) is 0 Å². The van der Waals surface area contributed by atoms with Crippen LogP contribution in [0.2, 0.25) is 0 Å². The smallest absolute Gasteiger partial charge is 0.231 e. The van der Waals surface area contributed by atoms with Crippen LogP contribution < -0.4 is 0 Å². The second-order valence-corrected chi connectivity index (χ2v) is 6.41. The van der Waals surface area contributed by atoms with Crippen molar-refractivity contribution in [3.8, 4) is 11.4 Å².